The number of aromatic nitrogens is 2. The zero-order valence-corrected chi connectivity index (χ0v) is 13.8. The Morgan fingerprint density at radius 2 is 1.96 bits per heavy atom. The van der Waals surface area contributed by atoms with Crippen LogP contribution in [0.1, 0.15) is 29.1 Å². The van der Waals surface area contributed by atoms with E-state index < -0.39 is 11.9 Å². The number of piperazine rings is 1. The zero-order valence-electron chi connectivity index (χ0n) is 13.8. The maximum absolute atomic E-state index is 12.6. The molecule has 25 heavy (non-hydrogen) atoms. The first-order valence-electron chi connectivity index (χ1n) is 8.31. The number of hydrogen-bond donors (Lipinski definition) is 0. The summed E-state index contributed by atoms with van der Waals surface area (Å²) < 4.78 is 43.0. The molecule has 3 aliphatic rings. The van der Waals surface area contributed by atoms with Gasteiger partial charge in [-0.2, -0.15) is 13.2 Å². The highest BCUT2D eigenvalue weighted by atomic mass is 19.4. The molecule has 2 bridgehead atoms. The van der Waals surface area contributed by atoms with Crippen LogP contribution in [0.25, 0.3) is 0 Å². The minimum atomic E-state index is -4.38. The van der Waals surface area contributed by atoms with Crippen molar-refractivity contribution in [3.05, 3.63) is 47.1 Å². The van der Waals surface area contributed by atoms with Crippen LogP contribution in [0.3, 0.4) is 0 Å². The molecule has 2 aromatic rings. The lowest BCUT2D eigenvalue weighted by Gasteiger charge is -2.56. The molecule has 3 saturated heterocycles. The lowest BCUT2D eigenvalue weighted by atomic mass is 9.87. The Labute approximate surface area is 143 Å². The highest BCUT2D eigenvalue weighted by Crippen LogP contribution is 2.34. The molecule has 0 radical (unpaired) electrons. The average Bonchev–Trinajstić information content (AvgIpc) is 2.98. The van der Waals surface area contributed by atoms with Crippen LogP contribution < -0.4 is 0 Å². The van der Waals surface area contributed by atoms with Crippen LogP contribution in [-0.2, 0) is 19.3 Å². The van der Waals surface area contributed by atoms with Crippen molar-refractivity contribution in [2.45, 2.75) is 44.7 Å². The van der Waals surface area contributed by atoms with Gasteiger partial charge >= 0.3 is 6.18 Å². The van der Waals surface area contributed by atoms with Gasteiger partial charge in [-0.25, -0.2) is 0 Å². The van der Waals surface area contributed by atoms with E-state index in [4.69, 9.17) is 4.52 Å². The number of piperidine rings is 1. The first kappa shape index (κ1) is 16.5. The van der Waals surface area contributed by atoms with Crippen LogP contribution in [-0.4, -0.2) is 45.1 Å². The van der Waals surface area contributed by atoms with E-state index in [0.29, 0.717) is 18.6 Å². The normalized spacial score (nSPS) is 24.3. The topological polar surface area (TPSA) is 45.4 Å². The maximum atomic E-state index is 12.6. The second-order valence-electron chi connectivity index (χ2n) is 6.89. The molecule has 5 heterocycles. The Balaban J connectivity index is 1.33. The van der Waals surface area contributed by atoms with E-state index >= 15 is 0 Å². The molecule has 134 valence electrons. The Hall–Kier alpha value is -1.93. The second kappa shape index (κ2) is 6.10. The lowest BCUT2D eigenvalue weighted by molar-refractivity contribution is -0.141. The Kier molecular flexibility index (Phi) is 4.04. The molecular formula is C17H19F3N4O. The molecular weight excluding hydrogens is 333 g/mol. The van der Waals surface area contributed by atoms with E-state index in [-0.39, 0.29) is 0 Å². The van der Waals surface area contributed by atoms with Crippen molar-refractivity contribution in [1.29, 1.82) is 0 Å². The van der Waals surface area contributed by atoms with Gasteiger partial charge in [0.05, 0.1) is 12.2 Å². The summed E-state index contributed by atoms with van der Waals surface area (Å²) >= 11 is 0. The first-order valence-corrected chi connectivity index (χ1v) is 8.31. The summed E-state index contributed by atoms with van der Waals surface area (Å²) in [6.07, 6.45) is -1.89. The van der Waals surface area contributed by atoms with Crippen LogP contribution in [0.4, 0.5) is 13.2 Å². The van der Waals surface area contributed by atoms with E-state index in [1.165, 1.54) is 12.3 Å². The monoisotopic (exact) mass is 352 g/mol. The van der Waals surface area contributed by atoms with Crippen molar-refractivity contribution in [2.24, 2.45) is 0 Å². The van der Waals surface area contributed by atoms with Crippen LogP contribution in [0, 0.1) is 6.92 Å². The largest absolute Gasteiger partial charge is 0.433 e. The molecule has 2 atom stereocenters. The summed E-state index contributed by atoms with van der Waals surface area (Å²) in [6.45, 7) is 5.12. The first-order chi connectivity index (χ1) is 11.9. The van der Waals surface area contributed by atoms with Crippen molar-refractivity contribution in [1.82, 2.24) is 19.9 Å². The number of pyridine rings is 1. The van der Waals surface area contributed by atoms with Gasteiger partial charge < -0.3 is 4.52 Å². The molecule has 0 aromatic carbocycles. The Morgan fingerprint density at radius 3 is 2.52 bits per heavy atom. The number of rotatable bonds is 4. The average molecular weight is 352 g/mol. The molecule has 5 rings (SSSR count). The minimum absolute atomic E-state index is 0.464. The van der Waals surface area contributed by atoms with Crippen molar-refractivity contribution in [3.63, 3.8) is 0 Å². The number of nitrogens with zero attached hydrogens (tertiary/aromatic N) is 4. The number of hydrogen-bond acceptors (Lipinski definition) is 5. The third-order valence-corrected chi connectivity index (χ3v) is 4.96. The SMILES string of the molecule is Cc1cc(CN2C3CC2CN(Cc2ccc(C(F)(F)F)nc2)C3)on1. The molecule has 8 heteroatoms. The van der Waals surface area contributed by atoms with E-state index in [9.17, 15) is 13.2 Å². The standard InChI is InChI=1S/C17H19F3N4O/c1-11-4-15(25-22-11)10-24-13-5-14(24)9-23(8-13)7-12-2-3-16(21-6-12)17(18,19)20/h2-4,6,13-14H,5,7-10H2,1H3. The van der Waals surface area contributed by atoms with Crippen LogP contribution in [0.5, 0.6) is 0 Å². The van der Waals surface area contributed by atoms with E-state index in [2.05, 4.69) is 19.9 Å². The highest BCUT2D eigenvalue weighted by molar-refractivity contribution is 5.17. The molecule has 0 amide bonds. The molecule has 0 spiro atoms. The fourth-order valence-electron chi connectivity index (χ4n) is 3.78. The number of fused-ring (bicyclic) bond motifs is 2. The maximum Gasteiger partial charge on any atom is 0.433 e. The van der Waals surface area contributed by atoms with Gasteiger partial charge in [0.1, 0.15) is 5.69 Å². The quantitative estimate of drug-likeness (QED) is 0.847. The van der Waals surface area contributed by atoms with Gasteiger partial charge in [-0.15, -0.1) is 0 Å². The van der Waals surface area contributed by atoms with Crippen LogP contribution in [0.2, 0.25) is 0 Å². The van der Waals surface area contributed by atoms with Gasteiger partial charge in [0.15, 0.2) is 5.76 Å². The van der Waals surface area contributed by atoms with Crippen LogP contribution >= 0.6 is 0 Å². The fourth-order valence-corrected chi connectivity index (χ4v) is 3.78. The lowest BCUT2D eigenvalue weighted by Crippen LogP contribution is -2.67. The summed E-state index contributed by atoms with van der Waals surface area (Å²) in [4.78, 5) is 8.24. The number of alkyl halides is 3. The van der Waals surface area contributed by atoms with E-state index in [0.717, 1.165) is 49.1 Å². The molecule has 0 N–H and O–H groups in total. The van der Waals surface area contributed by atoms with Crippen molar-refractivity contribution < 1.29 is 17.7 Å². The third kappa shape index (κ3) is 3.41. The molecule has 5 nitrogen and oxygen atoms in total. The van der Waals surface area contributed by atoms with Gasteiger partial charge in [0, 0.05) is 44.0 Å². The van der Waals surface area contributed by atoms with Gasteiger partial charge in [-0.1, -0.05) is 11.2 Å². The number of halogens is 3. The highest BCUT2D eigenvalue weighted by Gasteiger charge is 2.44. The smallest absolute Gasteiger partial charge is 0.360 e. The summed E-state index contributed by atoms with van der Waals surface area (Å²) in [7, 11) is 0. The van der Waals surface area contributed by atoms with Gasteiger partial charge in [0.25, 0.3) is 0 Å². The van der Waals surface area contributed by atoms with Gasteiger partial charge in [0.2, 0.25) is 0 Å². The predicted octanol–water partition coefficient (Wildman–Crippen LogP) is 2.86. The molecule has 0 saturated carbocycles. The van der Waals surface area contributed by atoms with Gasteiger partial charge in [-0.3, -0.25) is 14.8 Å². The summed E-state index contributed by atoms with van der Waals surface area (Å²) in [5, 5.41) is 3.92. The van der Waals surface area contributed by atoms with E-state index in [1.54, 1.807) is 0 Å². The molecule has 3 fully saturated rings. The fraction of sp³-hybridized carbons (Fsp3) is 0.529. The molecule has 0 aliphatic carbocycles. The van der Waals surface area contributed by atoms with Crippen LogP contribution in [0.15, 0.2) is 28.9 Å². The summed E-state index contributed by atoms with van der Waals surface area (Å²) in [5.41, 5.74) is 0.857. The molecule has 3 aliphatic heterocycles. The summed E-state index contributed by atoms with van der Waals surface area (Å²) in [6, 6.07) is 5.46. The zero-order chi connectivity index (χ0) is 17.6. The van der Waals surface area contributed by atoms with Gasteiger partial charge in [-0.05, 0) is 25.0 Å². The molecule has 2 unspecified atom stereocenters. The van der Waals surface area contributed by atoms with Crippen molar-refractivity contribution >= 4 is 0 Å². The number of aryl methyl sites for hydroxylation is 1. The van der Waals surface area contributed by atoms with E-state index in [1.807, 2.05) is 13.0 Å². The predicted molar refractivity (Wildman–Crippen MR) is 83.5 cm³/mol. The Bertz CT molecular complexity index is 731. The minimum Gasteiger partial charge on any atom is -0.360 e. The van der Waals surface area contributed by atoms with Crippen molar-refractivity contribution in [2.75, 3.05) is 13.1 Å². The van der Waals surface area contributed by atoms with Crippen molar-refractivity contribution in [3.8, 4) is 0 Å². The second-order valence-corrected chi connectivity index (χ2v) is 6.89. The Morgan fingerprint density at radius 1 is 1.20 bits per heavy atom. The molecule has 2 aromatic heterocycles. The third-order valence-electron chi connectivity index (χ3n) is 4.96. The summed E-state index contributed by atoms with van der Waals surface area (Å²) in [5.74, 6) is 0.882.